The lowest BCUT2D eigenvalue weighted by Gasteiger charge is -2.13. The number of alkyl halides is 1. The molecule has 0 aromatic carbocycles. The van der Waals surface area contributed by atoms with E-state index in [0.717, 1.165) is 4.90 Å². The minimum atomic E-state index is -0.909. The number of rotatable bonds is 3. The number of hydrogen-bond donors (Lipinski definition) is 1. The number of amides is 2. The summed E-state index contributed by atoms with van der Waals surface area (Å²) in [5.74, 6) is -1.73. The van der Waals surface area contributed by atoms with Gasteiger partial charge in [-0.25, -0.2) is 9.87 Å². The Hall–Kier alpha value is -1.17. The average molecular weight is 178 g/mol. The first-order valence-electron chi connectivity index (χ1n) is 3.27. The monoisotopic (exact) mass is 178 g/mol. The number of carbonyl (C=O) groups excluding carboxylic acids is 2. The van der Waals surface area contributed by atoms with Crippen LogP contribution in [0.5, 0.6) is 0 Å². The van der Waals surface area contributed by atoms with E-state index in [1.807, 2.05) is 5.48 Å². The van der Waals surface area contributed by atoms with Crippen molar-refractivity contribution >= 4 is 11.8 Å². The maximum atomic E-state index is 11.7. The summed E-state index contributed by atoms with van der Waals surface area (Å²) in [5.41, 5.74) is 1.83. The molecule has 2 amide bonds. The minimum Gasteiger partial charge on any atom is -0.335 e. The number of nitrogens with one attached hydrogen (secondary N) is 1. The third-order valence-electron chi connectivity index (χ3n) is 1.16. The van der Waals surface area contributed by atoms with Gasteiger partial charge < -0.3 is 4.90 Å². The van der Waals surface area contributed by atoms with Crippen molar-refractivity contribution in [3.63, 3.8) is 0 Å². The van der Waals surface area contributed by atoms with E-state index in [2.05, 4.69) is 4.84 Å². The Labute approximate surface area is 69.4 Å². The van der Waals surface area contributed by atoms with Crippen LogP contribution in [0.3, 0.4) is 0 Å². The van der Waals surface area contributed by atoms with Gasteiger partial charge in [-0.05, 0) is 0 Å². The van der Waals surface area contributed by atoms with Crippen molar-refractivity contribution in [1.29, 1.82) is 0 Å². The highest BCUT2D eigenvalue weighted by Gasteiger charge is 2.17. The van der Waals surface area contributed by atoms with Crippen LogP contribution in [0.4, 0.5) is 4.39 Å². The first-order chi connectivity index (χ1) is 5.63. The summed E-state index contributed by atoms with van der Waals surface area (Å²) < 4.78 is 11.7. The van der Waals surface area contributed by atoms with Crippen molar-refractivity contribution in [2.24, 2.45) is 0 Å². The molecule has 70 valence electrons. The molecule has 12 heavy (non-hydrogen) atoms. The normalized spacial score (nSPS) is 9.25. The molecule has 0 saturated carbocycles. The summed E-state index contributed by atoms with van der Waals surface area (Å²) in [6.45, 7) is -0.779. The lowest BCUT2D eigenvalue weighted by molar-refractivity contribution is -0.150. The number of halogens is 1. The van der Waals surface area contributed by atoms with Crippen molar-refractivity contribution in [3.8, 4) is 0 Å². The Bertz CT molecular complexity index is 174. The lowest BCUT2D eigenvalue weighted by Crippen LogP contribution is -2.41. The molecule has 0 rings (SSSR count). The number of hydroxylamine groups is 1. The van der Waals surface area contributed by atoms with Crippen LogP contribution in [0.25, 0.3) is 0 Å². The number of likely N-dealkylation sites (N-methyl/N-ethyl adjacent to an activating group) is 1. The van der Waals surface area contributed by atoms with Gasteiger partial charge >= 0.3 is 11.8 Å². The summed E-state index contributed by atoms with van der Waals surface area (Å²) in [7, 11) is 2.54. The van der Waals surface area contributed by atoms with Gasteiger partial charge in [-0.1, -0.05) is 0 Å². The lowest BCUT2D eigenvalue weighted by atomic mass is 10.5. The van der Waals surface area contributed by atoms with Gasteiger partial charge in [-0.2, -0.15) is 0 Å². The first-order valence-corrected chi connectivity index (χ1v) is 3.27. The van der Waals surface area contributed by atoms with E-state index in [0.29, 0.717) is 0 Å². The number of hydrogen-bond acceptors (Lipinski definition) is 3. The molecule has 0 heterocycles. The second-order valence-electron chi connectivity index (χ2n) is 2.05. The van der Waals surface area contributed by atoms with Crippen LogP contribution in [0.1, 0.15) is 0 Å². The quantitative estimate of drug-likeness (QED) is 0.449. The average Bonchev–Trinajstić information content (AvgIpc) is 2.04. The third-order valence-corrected chi connectivity index (χ3v) is 1.16. The molecule has 0 aliphatic heterocycles. The zero-order chi connectivity index (χ0) is 9.56. The van der Waals surface area contributed by atoms with Gasteiger partial charge in [0.25, 0.3) is 0 Å². The van der Waals surface area contributed by atoms with Gasteiger partial charge in [0.05, 0.1) is 7.11 Å². The first kappa shape index (κ1) is 10.8. The van der Waals surface area contributed by atoms with Crippen molar-refractivity contribution < 1.29 is 18.8 Å². The molecular weight excluding hydrogens is 167 g/mol. The van der Waals surface area contributed by atoms with E-state index in [1.165, 1.54) is 14.2 Å². The summed E-state index contributed by atoms with van der Waals surface area (Å²) in [5, 5.41) is 0. The molecule has 1 N–H and O–H groups in total. The Balaban J connectivity index is 3.91. The van der Waals surface area contributed by atoms with Gasteiger partial charge in [0, 0.05) is 13.6 Å². The van der Waals surface area contributed by atoms with Crippen molar-refractivity contribution in [3.05, 3.63) is 0 Å². The van der Waals surface area contributed by atoms with Crippen LogP contribution in [0, 0.1) is 0 Å². The molecule has 0 saturated heterocycles. The molecule has 0 atom stereocenters. The molecule has 0 aliphatic carbocycles. The Kier molecular flexibility index (Phi) is 4.94. The second kappa shape index (κ2) is 5.48. The van der Waals surface area contributed by atoms with Gasteiger partial charge in [0.2, 0.25) is 0 Å². The zero-order valence-electron chi connectivity index (χ0n) is 6.96. The van der Waals surface area contributed by atoms with Crippen LogP contribution in [-0.4, -0.2) is 44.1 Å². The Morgan fingerprint density at radius 1 is 1.58 bits per heavy atom. The molecule has 0 aliphatic rings. The predicted octanol–water partition coefficient (Wildman–Crippen LogP) is -0.908. The van der Waals surface area contributed by atoms with E-state index < -0.39 is 18.5 Å². The summed E-state index contributed by atoms with van der Waals surface area (Å²) >= 11 is 0. The van der Waals surface area contributed by atoms with E-state index in [-0.39, 0.29) is 6.54 Å². The molecule has 6 heteroatoms. The summed E-state index contributed by atoms with van der Waals surface area (Å²) in [6, 6.07) is 0. The molecule has 0 aromatic heterocycles. The smallest absolute Gasteiger partial charge is 0.332 e. The number of nitrogens with zero attached hydrogens (tertiary/aromatic N) is 1. The molecule has 0 bridgehead atoms. The third kappa shape index (κ3) is 3.29. The van der Waals surface area contributed by atoms with Gasteiger partial charge in [-0.3, -0.25) is 14.4 Å². The van der Waals surface area contributed by atoms with E-state index >= 15 is 0 Å². The van der Waals surface area contributed by atoms with Gasteiger partial charge in [-0.15, -0.1) is 0 Å². The van der Waals surface area contributed by atoms with E-state index in [4.69, 9.17) is 0 Å². The molecule has 0 aromatic rings. The predicted molar refractivity (Wildman–Crippen MR) is 38.8 cm³/mol. The fraction of sp³-hybridized carbons (Fsp3) is 0.667. The van der Waals surface area contributed by atoms with Gasteiger partial charge in [0.1, 0.15) is 6.67 Å². The van der Waals surface area contributed by atoms with Gasteiger partial charge in [0.15, 0.2) is 0 Å². The molecule has 0 fully saturated rings. The summed E-state index contributed by atoms with van der Waals surface area (Å²) in [6.07, 6.45) is 0. The molecule has 5 nitrogen and oxygen atoms in total. The van der Waals surface area contributed by atoms with Crippen LogP contribution in [0.15, 0.2) is 0 Å². The Morgan fingerprint density at radius 2 is 2.17 bits per heavy atom. The van der Waals surface area contributed by atoms with Crippen LogP contribution in [-0.2, 0) is 14.4 Å². The molecular formula is C6H11FN2O3. The standard InChI is InChI=1S/C6H11FN2O3/c1-9(4-3-7)6(11)5(10)8-12-2/h3-4H2,1-2H3,(H,8,10). The second-order valence-corrected chi connectivity index (χ2v) is 2.05. The maximum Gasteiger partial charge on any atom is 0.332 e. The van der Waals surface area contributed by atoms with Crippen LogP contribution >= 0.6 is 0 Å². The molecule has 0 unspecified atom stereocenters. The fourth-order valence-corrected chi connectivity index (χ4v) is 0.538. The van der Waals surface area contributed by atoms with Crippen LogP contribution in [0.2, 0.25) is 0 Å². The maximum absolute atomic E-state index is 11.7. The fourth-order valence-electron chi connectivity index (χ4n) is 0.538. The highest BCUT2D eigenvalue weighted by molar-refractivity contribution is 6.34. The van der Waals surface area contributed by atoms with Crippen molar-refractivity contribution in [2.45, 2.75) is 0 Å². The molecule has 0 spiro atoms. The topological polar surface area (TPSA) is 58.6 Å². The largest absolute Gasteiger partial charge is 0.335 e. The SMILES string of the molecule is CONC(=O)C(=O)N(C)CCF. The molecule has 0 radical (unpaired) electrons. The van der Waals surface area contributed by atoms with E-state index in [1.54, 1.807) is 0 Å². The Morgan fingerprint density at radius 3 is 2.58 bits per heavy atom. The van der Waals surface area contributed by atoms with Crippen molar-refractivity contribution in [1.82, 2.24) is 10.4 Å². The number of carbonyl (C=O) groups is 2. The van der Waals surface area contributed by atoms with Crippen LogP contribution < -0.4 is 5.48 Å². The van der Waals surface area contributed by atoms with Crippen molar-refractivity contribution in [2.75, 3.05) is 27.4 Å². The minimum absolute atomic E-state index is 0.101. The van der Waals surface area contributed by atoms with E-state index in [9.17, 15) is 14.0 Å². The highest BCUT2D eigenvalue weighted by atomic mass is 19.1. The summed E-state index contributed by atoms with van der Waals surface area (Å²) in [4.78, 5) is 26.8. The zero-order valence-corrected chi connectivity index (χ0v) is 6.96. The highest BCUT2D eigenvalue weighted by Crippen LogP contribution is 1.85.